The molecule has 0 saturated heterocycles. The van der Waals surface area contributed by atoms with Crippen molar-refractivity contribution in [3.63, 3.8) is 0 Å². The van der Waals surface area contributed by atoms with Crippen LogP contribution in [0.25, 0.3) is 0 Å². The van der Waals surface area contributed by atoms with Crippen LogP contribution in [-0.2, 0) is 6.54 Å². The van der Waals surface area contributed by atoms with E-state index in [0.29, 0.717) is 11.7 Å². The fraction of sp³-hybridized carbons (Fsp3) is 0.143. The molecule has 0 radical (unpaired) electrons. The zero-order chi connectivity index (χ0) is 8.10. The van der Waals surface area contributed by atoms with Crippen LogP contribution in [0.15, 0.2) is 24.5 Å². The number of halogens is 2. The number of aromatic nitrogens is 1. The summed E-state index contributed by atoms with van der Waals surface area (Å²) in [6.07, 6.45) is 3.47. The summed E-state index contributed by atoms with van der Waals surface area (Å²) in [5.41, 5.74) is 6.36. The van der Waals surface area contributed by atoms with E-state index in [1.54, 1.807) is 12.4 Å². The summed E-state index contributed by atoms with van der Waals surface area (Å²) >= 11 is 4.65. The Bertz CT molecular complexity index is 243. The Balaban J connectivity index is 0. The Morgan fingerprint density at radius 1 is 1.38 bits per heavy atom. The maximum Gasteiger partial charge on any atom is 0.163 e. The van der Waals surface area contributed by atoms with E-state index in [4.69, 9.17) is 5.73 Å². The SMILES string of the molecule is Cl.Cl.NC(=S)NCc1ccncc1. The standard InChI is InChI=1S/C7H9N3S.2ClH/c8-7(11)10-5-6-1-3-9-4-2-6;;/h1-4H,5H2,(H3,8,10,11);2*1H. The first-order valence-electron chi connectivity index (χ1n) is 3.21. The van der Waals surface area contributed by atoms with Crippen LogP contribution in [0.3, 0.4) is 0 Å². The van der Waals surface area contributed by atoms with Crippen molar-refractivity contribution in [3.05, 3.63) is 30.1 Å². The van der Waals surface area contributed by atoms with Gasteiger partial charge in [0.05, 0.1) is 0 Å². The zero-order valence-electron chi connectivity index (χ0n) is 6.77. The quantitative estimate of drug-likeness (QED) is 0.764. The summed E-state index contributed by atoms with van der Waals surface area (Å²) in [6.45, 7) is 0.665. The molecule has 0 aliphatic heterocycles. The van der Waals surface area contributed by atoms with Crippen LogP contribution in [-0.4, -0.2) is 10.1 Å². The monoisotopic (exact) mass is 239 g/mol. The predicted molar refractivity (Wildman–Crippen MR) is 62.4 cm³/mol. The molecular formula is C7H11Cl2N3S. The lowest BCUT2D eigenvalue weighted by Gasteiger charge is -2.01. The van der Waals surface area contributed by atoms with Crippen molar-refractivity contribution in [2.75, 3.05) is 0 Å². The third kappa shape index (κ3) is 6.57. The Hall–Kier alpha value is -0.580. The minimum absolute atomic E-state index is 0. The van der Waals surface area contributed by atoms with Gasteiger partial charge in [0.1, 0.15) is 0 Å². The minimum Gasteiger partial charge on any atom is -0.376 e. The van der Waals surface area contributed by atoms with Crippen molar-refractivity contribution < 1.29 is 0 Å². The first kappa shape index (κ1) is 14.9. The highest BCUT2D eigenvalue weighted by molar-refractivity contribution is 7.80. The maximum atomic E-state index is 5.24. The van der Waals surface area contributed by atoms with E-state index in [1.807, 2.05) is 12.1 Å². The lowest BCUT2D eigenvalue weighted by Crippen LogP contribution is -2.28. The first-order valence-corrected chi connectivity index (χ1v) is 3.62. The maximum absolute atomic E-state index is 5.24. The van der Waals surface area contributed by atoms with Gasteiger partial charge in [-0.2, -0.15) is 0 Å². The second-order valence-corrected chi connectivity index (χ2v) is 2.51. The summed E-state index contributed by atoms with van der Waals surface area (Å²) in [5.74, 6) is 0. The van der Waals surface area contributed by atoms with Crippen molar-refractivity contribution >= 4 is 42.1 Å². The molecule has 0 aliphatic rings. The molecule has 74 valence electrons. The number of rotatable bonds is 2. The molecule has 0 aromatic carbocycles. The van der Waals surface area contributed by atoms with Gasteiger partial charge in [-0.05, 0) is 29.9 Å². The molecule has 1 heterocycles. The Morgan fingerprint density at radius 3 is 2.38 bits per heavy atom. The molecule has 0 unspecified atom stereocenters. The summed E-state index contributed by atoms with van der Waals surface area (Å²) in [5, 5.41) is 3.16. The number of hydrogen-bond acceptors (Lipinski definition) is 2. The highest BCUT2D eigenvalue weighted by Gasteiger charge is 1.89. The van der Waals surface area contributed by atoms with Crippen molar-refractivity contribution in [2.24, 2.45) is 5.73 Å². The van der Waals surface area contributed by atoms with Gasteiger partial charge in [0, 0.05) is 18.9 Å². The largest absolute Gasteiger partial charge is 0.376 e. The van der Waals surface area contributed by atoms with Crippen LogP contribution in [0.4, 0.5) is 0 Å². The van der Waals surface area contributed by atoms with Gasteiger partial charge in [0.2, 0.25) is 0 Å². The topological polar surface area (TPSA) is 50.9 Å². The number of nitrogens with two attached hydrogens (primary N) is 1. The Morgan fingerprint density at radius 2 is 1.92 bits per heavy atom. The smallest absolute Gasteiger partial charge is 0.163 e. The molecule has 3 nitrogen and oxygen atoms in total. The normalized spacial score (nSPS) is 7.69. The fourth-order valence-corrected chi connectivity index (χ4v) is 0.762. The lowest BCUT2D eigenvalue weighted by molar-refractivity contribution is 0.916. The van der Waals surface area contributed by atoms with Crippen molar-refractivity contribution in [3.8, 4) is 0 Å². The van der Waals surface area contributed by atoms with E-state index in [9.17, 15) is 0 Å². The third-order valence-electron chi connectivity index (χ3n) is 1.22. The molecule has 3 N–H and O–H groups in total. The van der Waals surface area contributed by atoms with Crippen LogP contribution in [0.1, 0.15) is 5.56 Å². The fourth-order valence-electron chi connectivity index (χ4n) is 0.690. The molecule has 13 heavy (non-hydrogen) atoms. The molecule has 0 saturated carbocycles. The van der Waals surface area contributed by atoms with E-state index >= 15 is 0 Å². The van der Waals surface area contributed by atoms with E-state index in [1.165, 1.54) is 0 Å². The number of nitrogens with one attached hydrogen (secondary N) is 1. The minimum atomic E-state index is 0. The van der Waals surface area contributed by atoms with Gasteiger partial charge in [-0.1, -0.05) is 0 Å². The van der Waals surface area contributed by atoms with Crippen LogP contribution >= 0.6 is 37.0 Å². The number of thiocarbonyl (C=S) groups is 1. The van der Waals surface area contributed by atoms with Gasteiger partial charge in [0.25, 0.3) is 0 Å². The van der Waals surface area contributed by atoms with Gasteiger partial charge >= 0.3 is 0 Å². The second kappa shape index (κ2) is 8.04. The first-order chi connectivity index (χ1) is 5.29. The lowest BCUT2D eigenvalue weighted by atomic mass is 10.3. The highest BCUT2D eigenvalue weighted by atomic mass is 35.5. The molecule has 0 atom stereocenters. The molecule has 6 heteroatoms. The van der Waals surface area contributed by atoms with Crippen LogP contribution < -0.4 is 11.1 Å². The summed E-state index contributed by atoms with van der Waals surface area (Å²) in [7, 11) is 0. The number of nitrogens with zero attached hydrogens (tertiary/aromatic N) is 1. The molecule has 0 fully saturated rings. The molecule has 1 aromatic rings. The van der Waals surface area contributed by atoms with Gasteiger partial charge in [-0.25, -0.2) is 0 Å². The summed E-state index contributed by atoms with van der Waals surface area (Å²) in [6, 6.07) is 3.82. The van der Waals surface area contributed by atoms with Gasteiger partial charge in [-0.3, -0.25) is 4.98 Å². The van der Waals surface area contributed by atoms with Crippen molar-refractivity contribution in [2.45, 2.75) is 6.54 Å². The highest BCUT2D eigenvalue weighted by Crippen LogP contribution is 1.93. The molecule has 1 aromatic heterocycles. The third-order valence-corrected chi connectivity index (χ3v) is 1.36. The van der Waals surface area contributed by atoms with E-state index in [2.05, 4.69) is 22.5 Å². The van der Waals surface area contributed by atoms with Gasteiger partial charge < -0.3 is 11.1 Å². The van der Waals surface area contributed by atoms with Crippen molar-refractivity contribution in [1.82, 2.24) is 10.3 Å². The second-order valence-electron chi connectivity index (χ2n) is 2.07. The molecule has 0 aliphatic carbocycles. The van der Waals surface area contributed by atoms with E-state index in [0.717, 1.165) is 5.56 Å². The number of hydrogen-bond donors (Lipinski definition) is 2. The Labute approximate surface area is 94.9 Å². The molecule has 0 amide bonds. The molecular weight excluding hydrogens is 229 g/mol. The van der Waals surface area contributed by atoms with Crippen LogP contribution in [0.5, 0.6) is 0 Å². The van der Waals surface area contributed by atoms with Gasteiger partial charge in [-0.15, -0.1) is 24.8 Å². The van der Waals surface area contributed by atoms with E-state index in [-0.39, 0.29) is 24.8 Å². The average molecular weight is 240 g/mol. The molecule has 1 rings (SSSR count). The molecule has 0 bridgehead atoms. The molecule has 0 spiro atoms. The summed E-state index contributed by atoms with van der Waals surface area (Å²) in [4.78, 5) is 3.88. The average Bonchev–Trinajstić information content (AvgIpc) is 2.03. The van der Waals surface area contributed by atoms with Crippen LogP contribution in [0, 0.1) is 0 Å². The Kier molecular flexibility index (Phi) is 9.22. The van der Waals surface area contributed by atoms with E-state index < -0.39 is 0 Å². The zero-order valence-corrected chi connectivity index (χ0v) is 9.22. The summed E-state index contributed by atoms with van der Waals surface area (Å²) < 4.78 is 0. The number of pyridine rings is 1. The predicted octanol–water partition coefficient (Wildman–Crippen LogP) is 1.26. The van der Waals surface area contributed by atoms with Gasteiger partial charge in [0.15, 0.2) is 5.11 Å². The van der Waals surface area contributed by atoms with Crippen molar-refractivity contribution in [1.29, 1.82) is 0 Å². The van der Waals surface area contributed by atoms with Crippen LogP contribution in [0.2, 0.25) is 0 Å².